The Morgan fingerprint density at radius 2 is 2.04 bits per heavy atom. The summed E-state index contributed by atoms with van der Waals surface area (Å²) in [6.45, 7) is 6.97. The molecule has 0 aliphatic carbocycles. The fraction of sp³-hybridized carbons (Fsp3) is 0.500. The summed E-state index contributed by atoms with van der Waals surface area (Å²) in [5.74, 6) is -0.200. The van der Waals surface area contributed by atoms with Crippen LogP contribution in [0.3, 0.4) is 0 Å². The highest BCUT2D eigenvalue weighted by atomic mass is 127. The van der Waals surface area contributed by atoms with Crippen LogP contribution in [-0.4, -0.2) is 44.2 Å². The zero-order valence-corrected chi connectivity index (χ0v) is 16.8. The van der Waals surface area contributed by atoms with Gasteiger partial charge >= 0.3 is 0 Å². The molecule has 0 aromatic heterocycles. The predicted molar refractivity (Wildman–Crippen MR) is 106 cm³/mol. The fourth-order valence-corrected chi connectivity index (χ4v) is 1.63. The summed E-state index contributed by atoms with van der Waals surface area (Å²) in [7, 11) is 1.64. The maximum atomic E-state index is 13.1. The fourth-order valence-electron chi connectivity index (χ4n) is 1.63. The van der Waals surface area contributed by atoms with Crippen molar-refractivity contribution in [3.8, 4) is 0 Å². The van der Waals surface area contributed by atoms with E-state index in [0.29, 0.717) is 24.7 Å². The van der Waals surface area contributed by atoms with Crippen molar-refractivity contribution in [2.24, 2.45) is 4.99 Å². The van der Waals surface area contributed by atoms with Gasteiger partial charge in [-0.1, -0.05) is 6.07 Å². The number of nitrogens with zero attached hydrogens (tertiary/aromatic N) is 1. The number of hydrogen-bond donors (Lipinski definition) is 3. The van der Waals surface area contributed by atoms with Crippen molar-refractivity contribution in [3.63, 3.8) is 0 Å². The van der Waals surface area contributed by atoms with E-state index in [-0.39, 0.29) is 42.0 Å². The van der Waals surface area contributed by atoms with Crippen LogP contribution >= 0.6 is 24.0 Å². The molecule has 1 aromatic rings. The summed E-state index contributed by atoms with van der Waals surface area (Å²) in [6, 6.07) is 5.73. The van der Waals surface area contributed by atoms with Crippen molar-refractivity contribution >= 4 is 41.5 Å². The molecule has 0 atom stereocenters. The monoisotopic (exact) mass is 452 g/mol. The lowest BCUT2D eigenvalue weighted by Gasteiger charge is -2.24. The van der Waals surface area contributed by atoms with Crippen molar-refractivity contribution in [3.05, 3.63) is 30.1 Å². The van der Waals surface area contributed by atoms with Gasteiger partial charge in [0.05, 0.1) is 5.60 Å². The second-order valence-corrected chi connectivity index (χ2v) is 5.57. The Bertz CT molecular complexity index is 553. The third kappa shape index (κ3) is 9.02. The van der Waals surface area contributed by atoms with E-state index in [4.69, 9.17) is 4.74 Å². The Labute approximate surface area is 159 Å². The van der Waals surface area contributed by atoms with Crippen LogP contribution in [0, 0.1) is 5.82 Å². The third-order valence-corrected chi connectivity index (χ3v) is 3.07. The molecule has 0 saturated carbocycles. The lowest BCUT2D eigenvalue weighted by atomic mass is 10.1. The Morgan fingerprint density at radius 3 is 2.62 bits per heavy atom. The molecule has 0 aliphatic heterocycles. The molecule has 0 unspecified atom stereocenters. The van der Waals surface area contributed by atoms with Gasteiger partial charge in [0.2, 0.25) is 5.91 Å². The van der Waals surface area contributed by atoms with Crippen LogP contribution in [0.4, 0.5) is 10.1 Å². The van der Waals surface area contributed by atoms with Gasteiger partial charge in [-0.2, -0.15) is 0 Å². The van der Waals surface area contributed by atoms with Crippen LogP contribution < -0.4 is 16.0 Å². The molecular formula is C16H26FIN4O2. The molecule has 6 nitrogen and oxygen atoms in total. The van der Waals surface area contributed by atoms with Crippen molar-refractivity contribution in [2.45, 2.75) is 26.4 Å². The van der Waals surface area contributed by atoms with Gasteiger partial charge in [-0.25, -0.2) is 9.38 Å². The van der Waals surface area contributed by atoms with Gasteiger partial charge in [-0.15, -0.1) is 24.0 Å². The molecule has 136 valence electrons. The highest BCUT2D eigenvalue weighted by Crippen LogP contribution is 2.08. The average Bonchev–Trinajstić information content (AvgIpc) is 2.50. The number of anilines is 1. The standard InChI is InChI=1S/C16H25FN4O2.HI/c1-5-18-15(20-11-16(2,3)23-4)19-10-14(22)21-13-8-6-7-12(17)9-13;/h6-9H,5,10-11H2,1-4H3,(H,21,22)(H2,18,19,20);1H. The molecule has 0 saturated heterocycles. The summed E-state index contributed by atoms with van der Waals surface area (Å²) < 4.78 is 18.4. The maximum Gasteiger partial charge on any atom is 0.246 e. The third-order valence-electron chi connectivity index (χ3n) is 3.07. The summed E-state index contributed by atoms with van der Waals surface area (Å²) in [4.78, 5) is 16.1. The van der Waals surface area contributed by atoms with Crippen molar-refractivity contribution in [1.29, 1.82) is 0 Å². The normalized spacial score (nSPS) is 11.5. The minimum Gasteiger partial charge on any atom is -0.377 e. The van der Waals surface area contributed by atoms with E-state index in [1.165, 1.54) is 18.2 Å². The molecule has 1 amide bonds. The summed E-state index contributed by atoms with van der Waals surface area (Å²) >= 11 is 0. The van der Waals surface area contributed by atoms with Gasteiger partial charge in [0.1, 0.15) is 12.4 Å². The van der Waals surface area contributed by atoms with E-state index < -0.39 is 5.82 Å². The number of amides is 1. The topological polar surface area (TPSA) is 74.8 Å². The highest BCUT2D eigenvalue weighted by molar-refractivity contribution is 14.0. The van der Waals surface area contributed by atoms with Crippen LogP contribution in [0.25, 0.3) is 0 Å². The van der Waals surface area contributed by atoms with E-state index in [9.17, 15) is 9.18 Å². The van der Waals surface area contributed by atoms with Gasteiger partial charge in [0.25, 0.3) is 0 Å². The number of aliphatic imine (C=N–C) groups is 1. The van der Waals surface area contributed by atoms with Crippen LogP contribution in [0.2, 0.25) is 0 Å². The lowest BCUT2D eigenvalue weighted by Crippen LogP contribution is -2.45. The van der Waals surface area contributed by atoms with E-state index >= 15 is 0 Å². The van der Waals surface area contributed by atoms with Gasteiger partial charge in [0, 0.05) is 25.9 Å². The van der Waals surface area contributed by atoms with Gasteiger partial charge in [-0.05, 0) is 39.0 Å². The Balaban J connectivity index is 0.00000529. The van der Waals surface area contributed by atoms with E-state index in [0.717, 1.165) is 0 Å². The molecule has 0 spiro atoms. The number of carbonyl (C=O) groups is 1. The quantitative estimate of drug-likeness (QED) is 0.338. The van der Waals surface area contributed by atoms with Gasteiger partial charge in [0.15, 0.2) is 5.96 Å². The number of methoxy groups -OCH3 is 1. The molecule has 1 aromatic carbocycles. The van der Waals surface area contributed by atoms with Gasteiger partial charge in [-0.3, -0.25) is 4.79 Å². The number of guanidine groups is 1. The van der Waals surface area contributed by atoms with Crippen molar-refractivity contribution in [1.82, 2.24) is 10.6 Å². The molecule has 0 fully saturated rings. The largest absolute Gasteiger partial charge is 0.377 e. The molecule has 8 heteroatoms. The second-order valence-electron chi connectivity index (χ2n) is 5.57. The predicted octanol–water partition coefficient (Wildman–Crippen LogP) is 2.36. The minimum absolute atomic E-state index is 0. The molecule has 3 N–H and O–H groups in total. The SMILES string of the molecule is CCNC(=NCC(=O)Nc1cccc(F)c1)NCC(C)(C)OC.I. The smallest absolute Gasteiger partial charge is 0.246 e. The highest BCUT2D eigenvalue weighted by Gasteiger charge is 2.16. The molecule has 0 bridgehead atoms. The summed E-state index contributed by atoms with van der Waals surface area (Å²) in [5, 5.41) is 8.76. The zero-order valence-electron chi connectivity index (χ0n) is 14.5. The first-order valence-electron chi connectivity index (χ1n) is 7.49. The van der Waals surface area contributed by atoms with Crippen molar-refractivity contribution < 1.29 is 13.9 Å². The number of ether oxygens (including phenoxy) is 1. The minimum atomic E-state index is -0.400. The number of hydrogen-bond acceptors (Lipinski definition) is 3. The first-order chi connectivity index (χ1) is 10.9. The van der Waals surface area contributed by atoms with E-state index in [1.54, 1.807) is 13.2 Å². The molecule has 0 heterocycles. The zero-order chi connectivity index (χ0) is 17.3. The second kappa shape index (κ2) is 11.2. The Morgan fingerprint density at radius 1 is 1.33 bits per heavy atom. The summed E-state index contributed by atoms with van der Waals surface area (Å²) in [5.41, 5.74) is 0.0590. The molecular weight excluding hydrogens is 426 g/mol. The summed E-state index contributed by atoms with van der Waals surface area (Å²) in [6.07, 6.45) is 0. The number of rotatable bonds is 7. The number of nitrogens with one attached hydrogen (secondary N) is 3. The number of halogens is 2. The Kier molecular flexibility index (Phi) is 10.5. The van der Waals surface area contributed by atoms with Crippen LogP contribution in [-0.2, 0) is 9.53 Å². The average molecular weight is 452 g/mol. The van der Waals surface area contributed by atoms with Crippen LogP contribution in [0.5, 0.6) is 0 Å². The van der Waals surface area contributed by atoms with E-state index in [2.05, 4.69) is 20.9 Å². The first kappa shape index (κ1) is 22.6. The van der Waals surface area contributed by atoms with Crippen LogP contribution in [0.1, 0.15) is 20.8 Å². The molecule has 24 heavy (non-hydrogen) atoms. The Hall–Kier alpha value is -1.42. The van der Waals surface area contributed by atoms with Crippen LogP contribution in [0.15, 0.2) is 29.3 Å². The maximum absolute atomic E-state index is 13.1. The van der Waals surface area contributed by atoms with Gasteiger partial charge < -0.3 is 20.7 Å². The van der Waals surface area contributed by atoms with E-state index in [1.807, 2.05) is 20.8 Å². The number of benzene rings is 1. The molecule has 1 rings (SSSR count). The molecule has 0 radical (unpaired) electrons. The molecule has 0 aliphatic rings. The number of carbonyl (C=O) groups excluding carboxylic acids is 1. The van der Waals surface area contributed by atoms with Crippen molar-refractivity contribution in [2.75, 3.05) is 32.1 Å². The first-order valence-corrected chi connectivity index (χ1v) is 7.49. The lowest BCUT2D eigenvalue weighted by molar-refractivity contribution is -0.114.